The van der Waals surface area contributed by atoms with Crippen molar-refractivity contribution in [2.24, 2.45) is 0 Å². The number of urea groups is 1. The number of carbonyl (C=O) groups excluding carboxylic acids is 1. The molecule has 0 aliphatic heterocycles. The van der Waals surface area contributed by atoms with Gasteiger partial charge in [-0.1, -0.05) is 11.6 Å². The van der Waals surface area contributed by atoms with E-state index < -0.39 is 29.2 Å². The Hall–Kier alpha value is -2.21. The fourth-order valence-electron chi connectivity index (χ4n) is 1.67. The molecule has 0 aromatic heterocycles. The van der Waals surface area contributed by atoms with Crippen LogP contribution in [0.15, 0.2) is 30.3 Å². The monoisotopic (exact) mass is 314 g/mol. The Bertz CT molecular complexity index is 707. The van der Waals surface area contributed by atoms with Gasteiger partial charge in [0.25, 0.3) is 0 Å². The van der Waals surface area contributed by atoms with Gasteiger partial charge in [-0.2, -0.15) is 0 Å². The summed E-state index contributed by atoms with van der Waals surface area (Å²) in [5.74, 6) is -4.43. The van der Waals surface area contributed by atoms with Crippen LogP contribution in [-0.4, -0.2) is 6.03 Å². The van der Waals surface area contributed by atoms with Crippen molar-refractivity contribution in [1.29, 1.82) is 0 Å². The van der Waals surface area contributed by atoms with Crippen LogP contribution in [0.2, 0.25) is 5.02 Å². The zero-order chi connectivity index (χ0) is 15.6. The highest BCUT2D eigenvalue weighted by atomic mass is 35.5. The quantitative estimate of drug-likeness (QED) is 0.774. The fraction of sp³-hybridized carbons (Fsp3) is 0.0714. The smallest absolute Gasteiger partial charge is 0.307 e. The standard InChI is InChI=1S/C14H10ClF3N2O/c1-7-6-8(15)2-4-10(7)19-14(21)20-11-5-3-9(16)12(17)13(11)18/h2-6H,1H3,(H2,19,20,21). The van der Waals surface area contributed by atoms with Crippen molar-refractivity contribution >= 4 is 29.0 Å². The number of benzene rings is 2. The lowest BCUT2D eigenvalue weighted by atomic mass is 10.2. The lowest BCUT2D eigenvalue weighted by Gasteiger charge is -2.11. The van der Waals surface area contributed by atoms with Crippen molar-refractivity contribution in [3.05, 3.63) is 58.4 Å². The molecule has 110 valence electrons. The van der Waals surface area contributed by atoms with Gasteiger partial charge in [0.1, 0.15) is 0 Å². The van der Waals surface area contributed by atoms with Crippen molar-refractivity contribution in [3.8, 4) is 0 Å². The van der Waals surface area contributed by atoms with Crippen LogP contribution in [0.4, 0.5) is 29.3 Å². The Balaban J connectivity index is 2.14. The highest BCUT2D eigenvalue weighted by Crippen LogP contribution is 2.22. The molecule has 7 heteroatoms. The second-order valence-corrected chi connectivity index (χ2v) is 4.70. The predicted octanol–water partition coefficient (Wildman–Crippen LogP) is 4.71. The number of amides is 2. The van der Waals surface area contributed by atoms with E-state index in [2.05, 4.69) is 10.6 Å². The van der Waals surface area contributed by atoms with E-state index in [0.717, 1.165) is 12.1 Å². The molecule has 2 aromatic carbocycles. The topological polar surface area (TPSA) is 41.1 Å². The van der Waals surface area contributed by atoms with E-state index in [1.54, 1.807) is 25.1 Å². The summed E-state index contributed by atoms with van der Waals surface area (Å²) in [7, 11) is 0. The second kappa shape index (κ2) is 6.05. The van der Waals surface area contributed by atoms with E-state index in [1.165, 1.54) is 0 Å². The Morgan fingerprint density at radius 2 is 1.62 bits per heavy atom. The average Bonchev–Trinajstić information content (AvgIpc) is 2.43. The zero-order valence-electron chi connectivity index (χ0n) is 10.8. The molecule has 2 rings (SSSR count). The molecule has 0 aliphatic rings. The molecule has 0 heterocycles. The molecule has 0 unspecified atom stereocenters. The van der Waals surface area contributed by atoms with Gasteiger partial charge in [-0.3, -0.25) is 0 Å². The van der Waals surface area contributed by atoms with E-state index in [4.69, 9.17) is 11.6 Å². The second-order valence-electron chi connectivity index (χ2n) is 4.26. The maximum absolute atomic E-state index is 13.4. The summed E-state index contributed by atoms with van der Waals surface area (Å²) in [6.07, 6.45) is 0. The van der Waals surface area contributed by atoms with Crippen LogP contribution in [-0.2, 0) is 0 Å². The number of halogens is 4. The molecule has 0 spiro atoms. The molecule has 0 bridgehead atoms. The number of hydrogen-bond acceptors (Lipinski definition) is 1. The molecule has 0 radical (unpaired) electrons. The summed E-state index contributed by atoms with van der Waals surface area (Å²) in [6.45, 7) is 1.72. The van der Waals surface area contributed by atoms with E-state index in [0.29, 0.717) is 16.3 Å². The maximum atomic E-state index is 13.4. The maximum Gasteiger partial charge on any atom is 0.323 e. The normalized spacial score (nSPS) is 10.3. The summed E-state index contributed by atoms with van der Waals surface area (Å²) in [5.41, 5.74) is 0.696. The third-order valence-electron chi connectivity index (χ3n) is 2.72. The van der Waals surface area contributed by atoms with Crippen LogP contribution >= 0.6 is 11.6 Å². The van der Waals surface area contributed by atoms with Crippen LogP contribution in [0.5, 0.6) is 0 Å². The molecular formula is C14H10ClF3N2O. The van der Waals surface area contributed by atoms with E-state index >= 15 is 0 Å². The van der Waals surface area contributed by atoms with Crippen LogP contribution in [0.1, 0.15) is 5.56 Å². The molecule has 0 fully saturated rings. The number of carbonyl (C=O) groups is 1. The van der Waals surface area contributed by atoms with Gasteiger partial charge in [0.15, 0.2) is 17.5 Å². The van der Waals surface area contributed by atoms with Crippen molar-refractivity contribution in [2.45, 2.75) is 6.92 Å². The summed E-state index contributed by atoms with van der Waals surface area (Å²) in [6, 6.07) is 5.64. The fourth-order valence-corrected chi connectivity index (χ4v) is 1.89. The van der Waals surface area contributed by atoms with Gasteiger partial charge in [-0.25, -0.2) is 18.0 Å². The SMILES string of the molecule is Cc1cc(Cl)ccc1NC(=O)Nc1ccc(F)c(F)c1F. The number of aryl methyl sites for hydroxylation is 1. The van der Waals surface area contributed by atoms with E-state index in [1.807, 2.05) is 0 Å². The van der Waals surface area contributed by atoms with Gasteiger partial charge in [0, 0.05) is 10.7 Å². The summed E-state index contributed by atoms with van der Waals surface area (Å²) < 4.78 is 39.2. The number of hydrogen-bond donors (Lipinski definition) is 2. The van der Waals surface area contributed by atoms with Gasteiger partial charge in [0.2, 0.25) is 0 Å². The highest BCUT2D eigenvalue weighted by molar-refractivity contribution is 6.30. The molecule has 0 aliphatic carbocycles. The van der Waals surface area contributed by atoms with Gasteiger partial charge in [-0.05, 0) is 42.8 Å². The minimum atomic E-state index is -1.64. The summed E-state index contributed by atoms with van der Waals surface area (Å²) >= 11 is 5.78. The van der Waals surface area contributed by atoms with E-state index in [9.17, 15) is 18.0 Å². The third-order valence-corrected chi connectivity index (χ3v) is 2.96. The van der Waals surface area contributed by atoms with Crippen molar-refractivity contribution in [3.63, 3.8) is 0 Å². The zero-order valence-corrected chi connectivity index (χ0v) is 11.6. The predicted molar refractivity (Wildman–Crippen MR) is 75.1 cm³/mol. The summed E-state index contributed by atoms with van der Waals surface area (Å²) in [5, 5.41) is 5.06. The highest BCUT2D eigenvalue weighted by Gasteiger charge is 2.15. The van der Waals surface area contributed by atoms with Crippen LogP contribution in [0.3, 0.4) is 0 Å². The van der Waals surface area contributed by atoms with Crippen LogP contribution < -0.4 is 10.6 Å². The van der Waals surface area contributed by atoms with Crippen molar-refractivity contribution in [2.75, 3.05) is 10.6 Å². The number of anilines is 2. The van der Waals surface area contributed by atoms with Crippen molar-refractivity contribution in [1.82, 2.24) is 0 Å². The molecule has 0 saturated heterocycles. The van der Waals surface area contributed by atoms with Crippen LogP contribution in [0, 0.1) is 24.4 Å². The van der Waals surface area contributed by atoms with E-state index in [-0.39, 0.29) is 0 Å². The first-order chi connectivity index (χ1) is 9.88. The van der Waals surface area contributed by atoms with Crippen LogP contribution in [0.25, 0.3) is 0 Å². The average molecular weight is 315 g/mol. The minimum absolute atomic E-state index is 0.458. The molecule has 21 heavy (non-hydrogen) atoms. The summed E-state index contributed by atoms with van der Waals surface area (Å²) in [4.78, 5) is 11.7. The first-order valence-electron chi connectivity index (χ1n) is 5.86. The molecule has 2 aromatic rings. The first-order valence-corrected chi connectivity index (χ1v) is 6.24. The van der Waals surface area contributed by atoms with Crippen molar-refractivity contribution < 1.29 is 18.0 Å². The number of rotatable bonds is 2. The Morgan fingerprint density at radius 1 is 1.00 bits per heavy atom. The lowest BCUT2D eigenvalue weighted by Crippen LogP contribution is -2.21. The molecule has 2 amide bonds. The Kier molecular flexibility index (Phi) is 4.37. The van der Waals surface area contributed by atoms with Gasteiger partial charge in [0.05, 0.1) is 5.69 Å². The lowest BCUT2D eigenvalue weighted by molar-refractivity contribution is 0.262. The Labute approximate surface area is 123 Å². The van der Waals surface area contributed by atoms with Gasteiger partial charge in [-0.15, -0.1) is 0 Å². The minimum Gasteiger partial charge on any atom is -0.307 e. The third kappa shape index (κ3) is 3.46. The van der Waals surface area contributed by atoms with Gasteiger partial charge < -0.3 is 10.6 Å². The largest absolute Gasteiger partial charge is 0.323 e. The molecule has 0 saturated carbocycles. The molecular weight excluding hydrogens is 305 g/mol. The number of nitrogens with one attached hydrogen (secondary N) is 2. The Morgan fingerprint density at radius 3 is 2.29 bits per heavy atom. The van der Waals surface area contributed by atoms with Gasteiger partial charge >= 0.3 is 6.03 Å². The molecule has 3 nitrogen and oxygen atoms in total. The molecule has 0 atom stereocenters. The molecule has 2 N–H and O–H groups in total. The first kappa shape index (κ1) is 15.2.